The number of aromatic nitrogens is 1. The Morgan fingerprint density at radius 3 is 2.50 bits per heavy atom. The predicted molar refractivity (Wildman–Crippen MR) is 115 cm³/mol. The Hall–Kier alpha value is -2.77. The van der Waals surface area contributed by atoms with Crippen molar-refractivity contribution >= 4 is 50.0 Å². The van der Waals surface area contributed by atoms with Gasteiger partial charge in [0.15, 0.2) is 16.7 Å². The van der Waals surface area contributed by atoms with E-state index in [1.165, 1.54) is 40.5 Å². The summed E-state index contributed by atoms with van der Waals surface area (Å²) >= 11 is 7.29. The topological polar surface area (TPSA) is 70.5 Å². The summed E-state index contributed by atoms with van der Waals surface area (Å²) in [7, 11) is 0. The first-order valence-corrected chi connectivity index (χ1v) is 10.4. The van der Waals surface area contributed by atoms with Crippen molar-refractivity contribution in [3.8, 4) is 0 Å². The molecule has 1 N–H and O–H groups in total. The molecule has 1 aliphatic heterocycles. The molecule has 1 amide bonds. The number of benzene rings is 2. The molecule has 1 unspecified atom stereocenters. The van der Waals surface area contributed by atoms with Gasteiger partial charge < -0.3 is 5.11 Å². The van der Waals surface area contributed by atoms with Gasteiger partial charge in [0.2, 0.25) is 0 Å². The van der Waals surface area contributed by atoms with Gasteiger partial charge in [0.1, 0.15) is 5.82 Å². The molecule has 0 saturated heterocycles. The molecule has 1 aromatic heterocycles. The van der Waals surface area contributed by atoms with Crippen molar-refractivity contribution in [2.45, 2.75) is 26.8 Å². The van der Waals surface area contributed by atoms with Crippen LogP contribution in [0.1, 0.15) is 32.4 Å². The first-order valence-electron chi connectivity index (χ1n) is 9.21. The van der Waals surface area contributed by atoms with Gasteiger partial charge in [0.05, 0.1) is 21.8 Å². The van der Waals surface area contributed by atoms with Crippen LogP contribution in [0.15, 0.2) is 53.8 Å². The number of anilines is 1. The first kappa shape index (κ1) is 20.5. The molecule has 1 aliphatic rings. The van der Waals surface area contributed by atoms with Crippen LogP contribution >= 0.6 is 22.9 Å². The summed E-state index contributed by atoms with van der Waals surface area (Å²) in [5, 5.41) is 11.5. The minimum Gasteiger partial charge on any atom is -0.503 e. The number of fused-ring (bicyclic) bond motifs is 1. The highest BCUT2D eigenvalue weighted by molar-refractivity contribution is 7.22. The van der Waals surface area contributed by atoms with E-state index in [9.17, 15) is 19.1 Å². The smallest absolute Gasteiger partial charge is 0.296 e. The van der Waals surface area contributed by atoms with Crippen molar-refractivity contribution in [1.82, 2.24) is 4.98 Å². The fraction of sp³-hybridized carbons (Fsp3) is 0.227. The average Bonchev–Trinajstić information content (AvgIpc) is 3.19. The van der Waals surface area contributed by atoms with E-state index >= 15 is 0 Å². The zero-order valence-electron chi connectivity index (χ0n) is 16.4. The highest BCUT2D eigenvalue weighted by Crippen LogP contribution is 2.45. The number of rotatable bonds is 3. The zero-order chi connectivity index (χ0) is 21.8. The van der Waals surface area contributed by atoms with Crippen LogP contribution < -0.4 is 4.90 Å². The van der Waals surface area contributed by atoms with Crippen LogP contribution in [0.5, 0.6) is 0 Å². The molecule has 1 atom stereocenters. The van der Waals surface area contributed by atoms with E-state index in [4.69, 9.17) is 11.6 Å². The molecule has 0 bridgehead atoms. The molecule has 3 aromatic rings. The van der Waals surface area contributed by atoms with Gasteiger partial charge in [0, 0.05) is 10.4 Å². The quantitative estimate of drug-likeness (QED) is 0.570. The Labute approximate surface area is 181 Å². The van der Waals surface area contributed by atoms with Crippen molar-refractivity contribution < 1.29 is 19.1 Å². The van der Waals surface area contributed by atoms with E-state index in [0.717, 1.165) is 4.70 Å². The maximum atomic E-state index is 13.5. The van der Waals surface area contributed by atoms with Crippen molar-refractivity contribution in [2.75, 3.05) is 4.90 Å². The van der Waals surface area contributed by atoms with E-state index < -0.39 is 28.9 Å². The van der Waals surface area contributed by atoms with Crippen LogP contribution in [-0.2, 0) is 9.59 Å². The fourth-order valence-electron chi connectivity index (χ4n) is 3.39. The van der Waals surface area contributed by atoms with Gasteiger partial charge in [-0.2, -0.15) is 0 Å². The van der Waals surface area contributed by atoms with Crippen molar-refractivity contribution in [3.63, 3.8) is 0 Å². The van der Waals surface area contributed by atoms with E-state index in [0.29, 0.717) is 21.2 Å². The SMILES string of the molecule is CC(C)(C)C(=O)C1=C(O)C(=O)N(c2nc3ccc(Cl)cc3s2)C1c1ccc(F)cc1. The van der Waals surface area contributed by atoms with Crippen LogP contribution in [0.4, 0.5) is 9.52 Å². The molecule has 0 fully saturated rings. The highest BCUT2D eigenvalue weighted by Gasteiger charge is 2.47. The second-order valence-corrected chi connectivity index (χ2v) is 9.52. The molecule has 0 aliphatic carbocycles. The minimum absolute atomic E-state index is 0.0172. The van der Waals surface area contributed by atoms with Gasteiger partial charge in [-0.15, -0.1) is 0 Å². The summed E-state index contributed by atoms with van der Waals surface area (Å²) in [5.41, 5.74) is 0.286. The summed E-state index contributed by atoms with van der Waals surface area (Å²) in [6, 6.07) is 9.76. The third kappa shape index (κ3) is 3.38. The van der Waals surface area contributed by atoms with Crippen LogP contribution in [0, 0.1) is 11.2 Å². The molecule has 154 valence electrons. The molecule has 2 aromatic carbocycles. The van der Waals surface area contributed by atoms with Crippen LogP contribution in [-0.4, -0.2) is 21.8 Å². The maximum Gasteiger partial charge on any atom is 0.296 e. The number of ketones is 1. The molecule has 0 radical (unpaired) electrons. The van der Waals surface area contributed by atoms with E-state index in [2.05, 4.69) is 4.98 Å². The number of hydrogen-bond acceptors (Lipinski definition) is 5. The number of Topliss-reactive ketones (excluding diaryl/α,β-unsaturated/α-hetero) is 1. The summed E-state index contributed by atoms with van der Waals surface area (Å²) < 4.78 is 14.3. The lowest BCUT2D eigenvalue weighted by Crippen LogP contribution is -2.32. The Kier molecular flexibility index (Phi) is 4.91. The summed E-state index contributed by atoms with van der Waals surface area (Å²) in [6.07, 6.45) is 0. The highest BCUT2D eigenvalue weighted by atomic mass is 35.5. The molecule has 5 nitrogen and oxygen atoms in total. The normalized spacial score (nSPS) is 17.3. The number of carbonyl (C=O) groups is 2. The second-order valence-electron chi connectivity index (χ2n) is 8.08. The molecular weight excluding hydrogens is 427 g/mol. The molecular formula is C22H18ClFN2O3S. The molecule has 30 heavy (non-hydrogen) atoms. The van der Waals surface area contributed by atoms with Gasteiger partial charge >= 0.3 is 0 Å². The lowest BCUT2D eigenvalue weighted by Gasteiger charge is -2.27. The summed E-state index contributed by atoms with van der Waals surface area (Å²) in [4.78, 5) is 32.0. The lowest BCUT2D eigenvalue weighted by molar-refractivity contribution is -0.123. The average molecular weight is 445 g/mol. The number of thiazole rings is 1. The third-order valence-electron chi connectivity index (χ3n) is 4.86. The van der Waals surface area contributed by atoms with Crippen LogP contribution in [0.2, 0.25) is 5.02 Å². The van der Waals surface area contributed by atoms with Gasteiger partial charge in [-0.25, -0.2) is 9.37 Å². The second kappa shape index (κ2) is 7.18. The number of hydrogen-bond donors (Lipinski definition) is 1. The van der Waals surface area contributed by atoms with E-state index in [-0.39, 0.29) is 11.4 Å². The van der Waals surface area contributed by atoms with E-state index in [1.807, 2.05) is 0 Å². The summed E-state index contributed by atoms with van der Waals surface area (Å²) in [6.45, 7) is 5.14. The van der Waals surface area contributed by atoms with Crippen molar-refractivity contribution in [3.05, 3.63) is 70.2 Å². The molecule has 0 saturated carbocycles. The first-order chi connectivity index (χ1) is 14.1. The number of amides is 1. The molecule has 4 rings (SSSR count). The van der Waals surface area contributed by atoms with Gasteiger partial charge in [-0.05, 0) is 35.9 Å². The number of aliphatic hydroxyl groups excluding tert-OH is 1. The number of aliphatic hydroxyl groups is 1. The lowest BCUT2D eigenvalue weighted by atomic mass is 9.82. The van der Waals surface area contributed by atoms with E-state index in [1.54, 1.807) is 39.0 Å². The maximum absolute atomic E-state index is 13.5. The number of halogens is 2. The molecule has 8 heteroatoms. The number of nitrogens with zero attached hydrogens (tertiary/aromatic N) is 2. The Morgan fingerprint density at radius 2 is 1.87 bits per heavy atom. The molecule has 0 spiro atoms. The Morgan fingerprint density at radius 1 is 1.20 bits per heavy atom. The molecule has 2 heterocycles. The summed E-state index contributed by atoms with van der Waals surface area (Å²) in [5.74, 6) is -2.14. The van der Waals surface area contributed by atoms with Crippen molar-refractivity contribution in [1.29, 1.82) is 0 Å². The predicted octanol–water partition coefficient (Wildman–Crippen LogP) is 5.60. The Bertz CT molecular complexity index is 1210. The third-order valence-corrected chi connectivity index (χ3v) is 6.12. The van der Waals surface area contributed by atoms with Crippen LogP contribution in [0.3, 0.4) is 0 Å². The van der Waals surface area contributed by atoms with Gasteiger partial charge in [-0.3, -0.25) is 14.5 Å². The van der Waals surface area contributed by atoms with Crippen molar-refractivity contribution in [2.24, 2.45) is 5.41 Å². The fourth-order valence-corrected chi connectivity index (χ4v) is 4.66. The zero-order valence-corrected chi connectivity index (χ0v) is 18.0. The van der Waals surface area contributed by atoms with Gasteiger partial charge in [0.25, 0.3) is 5.91 Å². The Balaban J connectivity index is 1.91. The standard InChI is InChI=1S/C22H18ClFN2O3S/c1-22(2,3)19(28)16-17(11-4-7-13(24)8-5-11)26(20(29)18(16)27)21-25-14-9-6-12(23)10-15(14)30-21/h4-10,17,27H,1-3H3. The monoisotopic (exact) mass is 444 g/mol. The minimum atomic E-state index is -0.916. The van der Waals surface area contributed by atoms with Gasteiger partial charge in [-0.1, -0.05) is 55.8 Å². The number of carbonyl (C=O) groups excluding carboxylic acids is 2. The van der Waals surface area contributed by atoms with Crippen LogP contribution in [0.25, 0.3) is 10.2 Å². The largest absolute Gasteiger partial charge is 0.503 e.